The maximum Gasteiger partial charge on any atom is 0.253 e. The molecule has 1 aromatic rings. The summed E-state index contributed by atoms with van der Waals surface area (Å²) >= 11 is 0. The summed E-state index contributed by atoms with van der Waals surface area (Å²) in [6, 6.07) is 1.64. The van der Waals surface area contributed by atoms with Crippen molar-refractivity contribution in [3.8, 4) is 5.75 Å². The Bertz CT molecular complexity index is 387. The zero-order chi connectivity index (χ0) is 12.1. The van der Waals surface area contributed by atoms with Gasteiger partial charge in [-0.1, -0.05) is 0 Å². The Hall–Kier alpha value is -1.62. The van der Waals surface area contributed by atoms with Crippen LogP contribution in [0.4, 0.5) is 0 Å². The quantitative estimate of drug-likeness (QED) is 0.704. The zero-order valence-electron chi connectivity index (χ0n) is 9.65. The van der Waals surface area contributed by atoms with Crippen molar-refractivity contribution >= 4 is 5.91 Å². The predicted molar refractivity (Wildman–Crippen MR) is 63.9 cm³/mol. The second-order valence-electron chi connectivity index (χ2n) is 4.28. The van der Waals surface area contributed by atoms with Crippen LogP contribution in [0.25, 0.3) is 0 Å². The van der Waals surface area contributed by atoms with Crippen molar-refractivity contribution in [3.63, 3.8) is 0 Å². The minimum absolute atomic E-state index is 0.0141. The molecule has 1 aromatic heterocycles. The Balaban J connectivity index is 1.96. The predicted octanol–water partition coefficient (Wildman–Crippen LogP) is 0.659. The van der Waals surface area contributed by atoms with Gasteiger partial charge in [-0.25, -0.2) is 0 Å². The molecule has 3 N–H and O–H groups in total. The molecule has 0 spiro atoms. The van der Waals surface area contributed by atoms with Gasteiger partial charge >= 0.3 is 0 Å². The number of hydrogen-bond donors (Lipinski definition) is 3. The van der Waals surface area contributed by atoms with Gasteiger partial charge in [-0.05, 0) is 38.4 Å². The van der Waals surface area contributed by atoms with Gasteiger partial charge in [0.25, 0.3) is 5.91 Å². The molecule has 5 nitrogen and oxygen atoms in total. The summed E-state index contributed by atoms with van der Waals surface area (Å²) in [6.07, 6.45) is 5.78. The number of amides is 1. The lowest BCUT2D eigenvalue weighted by Gasteiger charge is -2.15. The molecule has 0 aliphatic carbocycles. The van der Waals surface area contributed by atoms with Gasteiger partial charge in [0.2, 0.25) is 0 Å². The second kappa shape index (κ2) is 5.63. The van der Waals surface area contributed by atoms with Crippen LogP contribution in [-0.2, 0) is 0 Å². The first kappa shape index (κ1) is 11.9. The molecule has 1 unspecified atom stereocenters. The standard InChI is InChI=1S/C12H17N3O2/c16-11-6-9(7-14-8-11)12(17)15-10-2-1-4-13-5-3-10/h6-8,10,13,16H,1-5H2,(H,15,17). The molecule has 1 aliphatic rings. The van der Waals surface area contributed by atoms with Crippen molar-refractivity contribution in [2.24, 2.45) is 0 Å². The largest absolute Gasteiger partial charge is 0.506 e. The van der Waals surface area contributed by atoms with Crippen LogP contribution in [0.15, 0.2) is 18.5 Å². The van der Waals surface area contributed by atoms with Gasteiger partial charge in [0.15, 0.2) is 0 Å². The molecule has 2 rings (SSSR count). The molecule has 1 atom stereocenters. The van der Waals surface area contributed by atoms with Gasteiger partial charge < -0.3 is 15.7 Å². The van der Waals surface area contributed by atoms with E-state index in [2.05, 4.69) is 15.6 Å². The van der Waals surface area contributed by atoms with E-state index in [0.717, 1.165) is 32.4 Å². The maximum atomic E-state index is 11.9. The first-order valence-electron chi connectivity index (χ1n) is 5.91. The summed E-state index contributed by atoms with van der Waals surface area (Å²) in [5.41, 5.74) is 0.405. The topological polar surface area (TPSA) is 74.2 Å². The third-order valence-electron chi connectivity index (χ3n) is 2.90. The molecule has 0 bridgehead atoms. The summed E-state index contributed by atoms with van der Waals surface area (Å²) in [5.74, 6) is -0.152. The molecule has 1 amide bonds. The van der Waals surface area contributed by atoms with Crippen LogP contribution in [0.2, 0.25) is 0 Å². The highest BCUT2D eigenvalue weighted by atomic mass is 16.3. The molecule has 1 fully saturated rings. The van der Waals surface area contributed by atoms with Gasteiger partial charge in [-0.3, -0.25) is 9.78 Å². The Labute approximate surface area is 100 Å². The lowest BCUT2D eigenvalue weighted by molar-refractivity contribution is 0.0933. The van der Waals surface area contributed by atoms with Crippen molar-refractivity contribution in [3.05, 3.63) is 24.0 Å². The third-order valence-corrected chi connectivity index (χ3v) is 2.90. The molecule has 92 valence electrons. The number of aromatic nitrogens is 1. The van der Waals surface area contributed by atoms with Gasteiger partial charge in [0.1, 0.15) is 5.75 Å². The van der Waals surface area contributed by atoms with Crippen molar-refractivity contribution in [1.82, 2.24) is 15.6 Å². The Morgan fingerprint density at radius 2 is 2.29 bits per heavy atom. The number of carbonyl (C=O) groups is 1. The van der Waals surface area contributed by atoms with Gasteiger partial charge in [0, 0.05) is 12.2 Å². The van der Waals surface area contributed by atoms with Crippen molar-refractivity contribution in [2.45, 2.75) is 25.3 Å². The number of rotatable bonds is 2. The van der Waals surface area contributed by atoms with E-state index >= 15 is 0 Å². The highest BCUT2D eigenvalue weighted by Crippen LogP contribution is 2.10. The van der Waals surface area contributed by atoms with E-state index in [1.807, 2.05) is 0 Å². The number of nitrogens with zero attached hydrogens (tertiary/aromatic N) is 1. The SMILES string of the molecule is O=C(NC1CCCNCC1)c1cncc(O)c1. The molecular weight excluding hydrogens is 218 g/mol. The molecule has 0 aromatic carbocycles. The van der Waals surface area contributed by atoms with Crippen molar-refractivity contribution < 1.29 is 9.90 Å². The minimum atomic E-state index is -0.166. The first-order valence-corrected chi connectivity index (χ1v) is 5.91. The normalized spacial score (nSPS) is 20.6. The molecule has 1 aliphatic heterocycles. The average Bonchev–Trinajstić information content (AvgIpc) is 2.57. The lowest BCUT2D eigenvalue weighted by atomic mass is 10.1. The molecule has 0 saturated carbocycles. The fourth-order valence-corrected chi connectivity index (χ4v) is 1.98. The van der Waals surface area contributed by atoms with Crippen LogP contribution in [0.1, 0.15) is 29.6 Å². The summed E-state index contributed by atoms with van der Waals surface area (Å²) in [7, 11) is 0. The number of carbonyl (C=O) groups excluding carboxylic acids is 1. The molecule has 17 heavy (non-hydrogen) atoms. The van der Waals surface area contributed by atoms with Crippen LogP contribution < -0.4 is 10.6 Å². The molecule has 5 heteroatoms. The number of nitrogens with one attached hydrogen (secondary N) is 2. The Morgan fingerprint density at radius 1 is 1.41 bits per heavy atom. The molecule has 2 heterocycles. The van der Waals surface area contributed by atoms with E-state index in [0.29, 0.717) is 5.56 Å². The number of hydrogen-bond acceptors (Lipinski definition) is 4. The average molecular weight is 235 g/mol. The highest BCUT2D eigenvalue weighted by Gasteiger charge is 2.15. The smallest absolute Gasteiger partial charge is 0.253 e. The fraction of sp³-hybridized carbons (Fsp3) is 0.500. The summed E-state index contributed by atoms with van der Waals surface area (Å²) in [4.78, 5) is 15.7. The Kier molecular flexibility index (Phi) is 3.93. The summed E-state index contributed by atoms with van der Waals surface area (Å²) in [6.45, 7) is 1.95. The van der Waals surface area contributed by atoms with Crippen molar-refractivity contribution in [2.75, 3.05) is 13.1 Å². The van der Waals surface area contributed by atoms with Gasteiger partial charge in [-0.15, -0.1) is 0 Å². The van der Waals surface area contributed by atoms with E-state index in [1.165, 1.54) is 18.5 Å². The lowest BCUT2D eigenvalue weighted by Crippen LogP contribution is -2.35. The fourth-order valence-electron chi connectivity index (χ4n) is 1.98. The molecular formula is C12H17N3O2. The first-order chi connectivity index (χ1) is 8.25. The van der Waals surface area contributed by atoms with Crippen LogP contribution in [-0.4, -0.2) is 35.1 Å². The maximum absolute atomic E-state index is 11.9. The van der Waals surface area contributed by atoms with Gasteiger partial charge in [-0.2, -0.15) is 0 Å². The zero-order valence-corrected chi connectivity index (χ0v) is 9.65. The highest BCUT2D eigenvalue weighted by molar-refractivity contribution is 5.94. The summed E-state index contributed by atoms with van der Waals surface area (Å²) < 4.78 is 0. The minimum Gasteiger partial charge on any atom is -0.506 e. The number of pyridine rings is 1. The van der Waals surface area contributed by atoms with Crippen LogP contribution in [0, 0.1) is 0 Å². The Morgan fingerprint density at radius 3 is 3.12 bits per heavy atom. The van der Waals surface area contributed by atoms with Crippen LogP contribution >= 0.6 is 0 Å². The van der Waals surface area contributed by atoms with E-state index in [4.69, 9.17) is 0 Å². The van der Waals surface area contributed by atoms with Crippen LogP contribution in [0.3, 0.4) is 0 Å². The number of aromatic hydroxyl groups is 1. The van der Waals surface area contributed by atoms with Gasteiger partial charge in [0.05, 0.1) is 11.8 Å². The van der Waals surface area contributed by atoms with E-state index in [9.17, 15) is 9.90 Å². The second-order valence-corrected chi connectivity index (χ2v) is 4.28. The van der Waals surface area contributed by atoms with Crippen molar-refractivity contribution in [1.29, 1.82) is 0 Å². The third kappa shape index (κ3) is 3.42. The van der Waals surface area contributed by atoms with E-state index in [-0.39, 0.29) is 17.7 Å². The molecule has 0 radical (unpaired) electrons. The van der Waals surface area contributed by atoms with Crippen LogP contribution in [0.5, 0.6) is 5.75 Å². The van der Waals surface area contributed by atoms with E-state index in [1.54, 1.807) is 0 Å². The molecule has 1 saturated heterocycles. The summed E-state index contributed by atoms with van der Waals surface area (Å²) in [5, 5.41) is 15.5. The monoisotopic (exact) mass is 235 g/mol. The van der Waals surface area contributed by atoms with E-state index < -0.39 is 0 Å².